The van der Waals surface area contributed by atoms with Gasteiger partial charge in [-0.2, -0.15) is 0 Å². The lowest BCUT2D eigenvalue weighted by molar-refractivity contribution is 0.252. The van der Waals surface area contributed by atoms with E-state index in [0.29, 0.717) is 6.54 Å². The third-order valence-corrected chi connectivity index (χ3v) is 3.83. The lowest BCUT2D eigenvalue weighted by atomic mass is 10.1. The van der Waals surface area contributed by atoms with Crippen molar-refractivity contribution < 1.29 is 4.79 Å². The third-order valence-electron chi connectivity index (χ3n) is 3.04. The van der Waals surface area contributed by atoms with Crippen LogP contribution in [0.4, 0.5) is 9.80 Å². The number of pyridine rings is 2. The summed E-state index contributed by atoms with van der Waals surface area (Å²) in [5.41, 5.74) is 2.78. The Hall–Kier alpha value is -2.73. The van der Waals surface area contributed by atoms with Crippen LogP contribution in [0.2, 0.25) is 0 Å². The van der Waals surface area contributed by atoms with E-state index in [4.69, 9.17) is 0 Å². The number of anilines is 1. The SMILES string of the molecule is O=C(NCc1cccnc1-c1ccncc1)Nc1cccs1. The van der Waals surface area contributed by atoms with Crippen LogP contribution in [0.5, 0.6) is 0 Å². The Labute approximate surface area is 132 Å². The first-order chi connectivity index (χ1) is 10.8. The van der Waals surface area contributed by atoms with Crippen LogP contribution in [-0.2, 0) is 6.54 Å². The molecular formula is C16H14N4OS. The summed E-state index contributed by atoms with van der Waals surface area (Å²) in [5, 5.41) is 8.37. The highest BCUT2D eigenvalue weighted by atomic mass is 32.1. The van der Waals surface area contributed by atoms with Crippen LogP contribution in [0.1, 0.15) is 5.56 Å². The van der Waals surface area contributed by atoms with Gasteiger partial charge in [-0.25, -0.2) is 4.79 Å². The van der Waals surface area contributed by atoms with Crippen molar-refractivity contribution in [1.29, 1.82) is 0 Å². The van der Waals surface area contributed by atoms with E-state index in [0.717, 1.165) is 21.8 Å². The molecule has 0 aliphatic heterocycles. The van der Waals surface area contributed by atoms with Gasteiger partial charge in [0, 0.05) is 30.7 Å². The second-order valence-corrected chi connectivity index (χ2v) is 5.48. The minimum Gasteiger partial charge on any atom is -0.334 e. The lowest BCUT2D eigenvalue weighted by Gasteiger charge is -2.10. The van der Waals surface area contributed by atoms with Crippen LogP contribution in [0.15, 0.2) is 60.4 Å². The molecule has 5 nitrogen and oxygen atoms in total. The topological polar surface area (TPSA) is 66.9 Å². The smallest absolute Gasteiger partial charge is 0.320 e. The first kappa shape index (κ1) is 14.2. The molecule has 22 heavy (non-hydrogen) atoms. The number of aromatic nitrogens is 2. The number of amides is 2. The minimum atomic E-state index is -0.230. The number of hydrogen-bond donors (Lipinski definition) is 2. The fourth-order valence-corrected chi connectivity index (χ4v) is 2.64. The highest BCUT2D eigenvalue weighted by Gasteiger charge is 2.08. The van der Waals surface area contributed by atoms with Crippen molar-refractivity contribution >= 4 is 22.4 Å². The standard InChI is InChI=1S/C16H14N4OS/c21-16(20-14-4-2-10-22-14)19-11-13-3-1-7-18-15(13)12-5-8-17-9-6-12/h1-10H,11H2,(H2,19,20,21). The summed E-state index contributed by atoms with van der Waals surface area (Å²) >= 11 is 1.48. The van der Waals surface area contributed by atoms with Crippen LogP contribution in [0.3, 0.4) is 0 Å². The zero-order valence-electron chi connectivity index (χ0n) is 11.7. The Morgan fingerprint density at radius 3 is 2.73 bits per heavy atom. The molecule has 3 heterocycles. The predicted molar refractivity (Wildman–Crippen MR) is 87.6 cm³/mol. The molecule has 0 aromatic carbocycles. The Morgan fingerprint density at radius 1 is 1.09 bits per heavy atom. The maximum atomic E-state index is 11.9. The number of urea groups is 1. The molecule has 0 fully saturated rings. The van der Waals surface area contributed by atoms with Crippen LogP contribution in [-0.4, -0.2) is 16.0 Å². The lowest BCUT2D eigenvalue weighted by Crippen LogP contribution is -2.28. The number of thiophene rings is 1. The van der Waals surface area contributed by atoms with Crippen LogP contribution < -0.4 is 10.6 Å². The number of nitrogens with one attached hydrogen (secondary N) is 2. The second kappa shape index (κ2) is 6.82. The van der Waals surface area contributed by atoms with Gasteiger partial charge >= 0.3 is 6.03 Å². The third kappa shape index (κ3) is 3.48. The summed E-state index contributed by atoms with van der Waals surface area (Å²) in [5.74, 6) is 0. The van der Waals surface area contributed by atoms with Crippen molar-refractivity contribution in [2.24, 2.45) is 0 Å². The second-order valence-electron chi connectivity index (χ2n) is 4.53. The van der Waals surface area contributed by atoms with Gasteiger partial charge in [0.15, 0.2) is 0 Å². The first-order valence-electron chi connectivity index (χ1n) is 6.75. The fraction of sp³-hybridized carbons (Fsp3) is 0.0625. The van der Waals surface area contributed by atoms with Crippen LogP contribution >= 0.6 is 11.3 Å². The molecule has 110 valence electrons. The Morgan fingerprint density at radius 2 is 1.95 bits per heavy atom. The summed E-state index contributed by atoms with van der Waals surface area (Å²) in [7, 11) is 0. The number of hydrogen-bond acceptors (Lipinski definition) is 4. The summed E-state index contributed by atoms with van der Waals surface area (Å²) in [6.45, 7) is 0.405. The van der Waals surface area contributed by atoms with E-state index in [-0.39, 0.29) is 6.03 Å². The van der Waals surface area contributed by atoms with Crippen molar-refractivity contribution in [3.8, 4) is 11.3 Å². The van der Waals surface area contributed by atoms with E-state index in [9.17, 15) is 4.79 Å². The molecule has 3 rings (SSSR count). The molecule has 0 spiro atoms. The van der Waals surface area contributed by atoms with Crippen LogP contribution in [0.25, 0.3) is 11.3 Å². The summed E-state index contributed by atoms with van der Waals surface area (Å²) < 4.78 is 0. The molecule has 0 unspecified atom stereocenters. The van der Waals surface area contributed by atoms with Crippen LogP contribution in [0, 0.1) is 0 Å². The monoisotopic (exact) mass is 310 g/mol. The highest BCUT2D eigenvalue weighted by Crippen LogP contribution is 2.20. The van der Waals surface area contributed by atoms with Gasteiger partial charge in [0.2, 0.25) is 0 Å². The van der Waals surface area contributed by atoms with E-state index >= 15 is 0 Å². The molecule has 6 heteroatoms. The average molecular weight is 310 g/mol. The molecule has 3 aromatic rings. The highest BCUT2D eigenvalue weighted by molar-refractivity contribution is 7.14. The van der Waals surface area contributed by atoms with Gasteiger partial charge in [0.25, 0.3) is 0 Å². The molecule has 0 atom stereocenters. The van der Waals surface area contributed by atoms with Crippen molar-refractivity contribution in [3.63, 3.8) is 0 Å². The van der Waals surface area contributed by atoms with Gasteiger partial charge in [-0.15, -0.1) is 11.3 Å². The molecule has 2 amide bonds. The van der Waals surface area contributed by atoms with Gasteiger partial charge in [0.05, 0.1) is 10.7 Å². The summed E-state index contributed by atoms with van der Waals surface area (Å²) in [4.78, 5) is 20.3. The van der Waals surface area contributed by atoms with Crippen molar-refractivity contribution in [1.82, 2.24) is 15.3 Å². The van der Waals surface area contributed by atoms with Gasteiger partial charge in [0.1, 0.15) is 0 Å². The molecule has 0 saturated carbocycles. The van der Waals surface area contributed by atoms with E-state index in [1.807, 2.05) is 41.8 Å². The van der Waals surface area contributed by atoms with Crippen molar-refractivity contribution in [2.75, 3.05) is 5.32 Å². The maximum Gasteiger partial charge on any atom is 0.320 e. The van der Waals surface area contributed by atoms with Gasteiger partial charge < -0.3 is 5.32 Å². The normalized spacial score (nSPS) is 10.2. The number of carbonyl (C=O) groups is 1. The average Bonchev–Trinajstić information content (AvgIpc) is 3.07. The zero-order chi connectivity index (χ0) is 15.2. The van der Waals surface area contributed by atoms with Gasteiger partial charge in [-0.05, 0) is 41.3 Å². The fourth-order valence-electron chi connectivity index (χ4n) is 2.03. The first-order valence-corrected chi connectivity index (χ1v) is 7.63. The zero-order valence-corrected chi connectivity index (χ0v) is 12.5. The minimum absolute atomic E-state index is 0.230. The predicted octanol–water partition coefficient (Wildman–Crippen LogP) is 3.53. The number of nitrogens with zero attached hydrogens (tertiary/aromatic N) is 2. The van der Waals surface area contributed by atoms with E-state index in [1.165, 1.54) is 11.3 Å². The van der Waals surface area contributed by atoms with E-state index in [1.54, 1.807) is 18.6 Å². The molecule has 2 N–H and O–H groups in total. The van der Waals surface area contributed by atoms with Crippen molar-refractivity contribution in [3.05, 3.63) is 65.9 Å². The number of carbonyl (C=O) groups excluding carboxylic acids is 1. The Kier molecular flexibility index (Phi) is 4.41. The molecule has 0 aliphatic carbocycles. The summed E-state index contributed by atoms with van der Waals surface area (Å²) in [6, 6.07) is 11.1. The van der Waals surface area contributed by atoms with Gasteiger partial charge in [-0.1, -0.05) is 6.07 Å². The summed E-state index contributed by atoms with van der Waals surface area (Å²) in [6.07, 6.45) is 5.19. The Balaban J connectivity index is 1.69. The maximum absolute atomic E-state index is 11.9. The molecule has 0 bridgehead atoms. The molecule has 0 saturated heterocycles. The molecular weight excluding hydrogens is 296 g/mol. The van der Waals surface area contributed by atoms with E-state index in [2.05, 4.69) is 20.6 Å². The quantitative estimate of drug-likeness (QED) is 0.774. The van der Waals surface area contributed by atoms with E-state index < -0.39 is 0 Å². The molecule has 0 aliphatic rings. The van der Waals surface area contributed by atoms with Crippen molar-refractivity contribution in [2.45, 2.75) is 6.54 Å². The largest absolute Gasteiger partial charge is 0.334 e. The molecule has 0 radical (unpaired) electrons. The number of rotatable bonds is 4. The van der Waals surface area contributed by atoms with Gasteiger partial charge in [-0.3, -0.25) is 15.3 Å². The Bertz CT molecular complexity index is 744. The molecule has 3 aromatic heterocycles.